The van der Waals surface area contributed by atoms with Crippen LogP contribution >= 0.6 is 0 Å². The zero-order chi connectivity index (χ0) is 20.5. The van der Waals surface area contributed by atoms with Crippen molar-refractivity contribution in [2.45, 2.75) is 39.2 Å². The summed E-state index contributed by atoms with van der Waals surface area (Å²) in [5.41, 5.74) is 3.52. The van der Waals surface area contributed by atoms with Gasteiger partial charge in [-0.15, -0.1) is 0 Å². The number of carbonyl (C=O) groups is 2. The first-order valence-electron chi connectivity index (χ1n) is 10.2. The van der Waals surface area contributed by atoms with Gasteiger partial charge in [-0.05, 0) is 62.9 Å². The van der Waals surface area contributed by atoms with Gasteiger partial charge in [0.1, 0.15) is 6.04 Å². The summed E-state index contributed by atoms with van der Waals surface area (Å²) in [7, 11) is 0. The van der Waals surface area contributed by atoms with Crippen LogP contribution in [0.1, 0.15) is 47.9 Å². The second-order valence-electron chi connectivity index (χ2n) is 7.84. The third-order valence-corrected chi connectivity index (χ3v) is 5.94. The fraction of sp³-hybridized carbons (Fsp3) is 0.455. The molecule has 1 saturated heterocycles. The summed E-state index contributed by atoms with van der Waals surface area (Å²) in [6.07, 6.45) is 2.79. The van der Waals surface area contributed by atoms with E-state index in [2.05, 4.69) is 10.00 Å². The molecular formula is C22H26N4O3. The number of ketones is 1. The fourth-order valence-electron chi connectivity index (χ4n) is 4.15. The topological polar surface area (TPSA) is 75.5 Å². The maximum atomic E-state index is 13.0. The lowest BCUT2D eigenvalue weighted by molar-refractivity contribution is -0.135. The molecule has 1 atom stereocenters. The number of carbonyl (C=O) groups excluding carboxylic acids is 2. The number of rotatable bonds is 4. The molecule has 0 radical (unpaired) electrons. The summed E-state index contributed by atoms with van der Waals surface area (Å²) in [5, 5.41) is 4.47. The number of benzene rings is 1. The van der Waals surface area contributed by atoms with Gasteiger partial charge in [-0.3, -0.25) is 14.4 Å². The number of piperazine rings is 1. The number of anilines is 1. The third kappa shape index (κ3) is 3.81. The van der Waals surface area contributed by atoms with Gasteiger partial charge in [0.2, 0.25) is 5.91 Å². The summed E-state index contributed by atoms with van der Waals surface area (Å²) >= 11 is 0. The number of hydrogen-bond acceptors (Lipinski definition) is 5. The average Bonchev–Trinajstić information content (AvgIpc) is 3.19. The van der Waals surface area contributed by atoms with E-state index in [9.17, 15) is 14.4 Å². The number of aryl methyl sites for hydroxylation is 2. The third-order valence-electron chi connectivity index (χ3n) is 5.94. The molecule has 1 fully saturated rings. The Hall–Kier alpha value is -2.96. The minimum absolute atomic E-state index is 0.0522. The molecule has 0 bridgehead atoms. The molecule has 152 valence electrons. The first-order chi connectivity index (χ1) is 13.9. The van der Waals surface area contributed by atoms with Crippen LogP contribution in [0.2, 0.25) is 0 Å². The van der Waals surface area contributed by atoms with Gasteiger partial charge in [0, 0.05) is 43.5 Å². The number of fused-ring (bicyclic) bond motifs is 1. The minimum atomic E-state index is -0.602. The van der Waals surface area contributed by atoms with Crippen molar-refractivity contribution < 1.29 is 9.59 Å². The lowest BCUT2D eigenvalue weighted by Crippen LogP contribution is -2.51. The van der Waals surface area contributed by atoms with Gasteiger partial charge in [-0.1, -0.05) is 0 Å². The van der Waals surface area contributed by atoms with Crippen LogP contribution < -0.4 is 10.5 Å². The van der Waals surface area contributed by atoms with Crippen LogP contribution in [-0.2, 0) is 17.6 Å². The van der Waals surface area contributed by atoms with Gasteiger partial charge in [0.25, 0.3) is 5.56 Å². The lowest BCUT2D eigenvalue weighted by atomic mass is 10.1. The number of amides is 1. The van der Waals surface area contributed by atoms with Crippen molar-refractivity contribution in [3.63, 3.8) is 0 Å². The molecule has 1 aromatic heterocycles. The molecule has 1 amide bonds. The monoisotopic (exact) mass is 394 g/mol. The van der Waals surface area contributed by atoms with E-state index in [1.54, 1.807) is 19.9 Å². The Morgan fingerprint density at radius 3 is 2.38 bits per heavy atom. The van der Waals surface area contributed by atoms with E-state index in [4.69, 9.17) is 0 Å². The van der Waals surface area contributed by atoms with Gasteiger partial charge in [0.05, 0.1) is 5.69 Å². The molecule has 1 aromatic carbocycles. The normalized spacial score (nSPS) is 17.2. The van der Waals surface area contributed by atoms with Crippen LogP contribution in [0.4, 0.5) is 5.69 Å². The van der Waals surface area contributed by atoms with E-state index < -0.39 is 6.04 Å². The second-order valence-corrected chi connectivity index (χ2v) is 7.84. The van der Waals surface area contributed by atoms with Gasteiger partial charge >= 0.3 is 0 Å². The lowest BCUT2D eigenvalue weighted by Gasteiger charge is -2.37. The Bertz CT molecular complexity index is 988. The highest BCUT2D eigenvalue weighted by Crippen LogP contribution is 2.20. The molecule has 0 saturated carbocycles. The van der Waals surface area contributed by atoms with Gasteiger partial charge in [-0.2, -0.15) is 5.10 Å². The highest BCUT2D eigenvalue weighted by molar-refractivity contribution is 5.94. The summed E-state index contributed by atoms with van der Waals surface area (Å²) in [6, 6.07) is 8.61. The minimum Gasteiger partial charge on any atom is -0.368 e. The summed E-state index contributed by atoms with van der Waals surface area (Å²) in [5.74, 6) is -0.0134. The Balaban J connectivity index is 1.41. The molecule has 7 heteroatoms. The van der Waals surface area contributed by atoms with E-state index in [1.165, 1.54) is 4.68 Å². The van der Waals surface area contributed by atoms with Crippen molar-refractivity contribution >= 4 is 17.4 Å². The maximum absolute atomic E-state index is 13.0. The Kier molecular flexibility index (Phi) is 5.22. The number of aromatic nitrogens is 2. The molecule has 1 unspecified atom stereocenters. The van der Waals surface area contributed by atoms with E-state index in [1.807, 2.05) is 29.2 Å². The van der Waals surface area contributed by atoms with E-state index in [0.29, 0.717) is 31.7 Å². The van der Waals surface area contributed by atoms with Crippen LogP contribution in [0, 0.1) is 0 Å². The van der Waals surface area contributed by atoms with Crippen LogP contribution in [0.15, 0.2) is 35.1 Å². The Morgan fingerprint density at radius 2 is 1.72 bits per heavy atom. The smallest absolute Gasteiger partial charge is 0.267 e. The number of nitrogens with zero attached hydrogens (tertiary/aromatic N) is 4. The van der Waals surface area contributed by atoms with Gasteiger partial charge in [0.15, 0.2) is 5.78 Å². The zero-order valence-corrected chi connectivity index (χ0v) is 16.9. The quantitative estimate of drug-likeness (QED) is 0.740. The fourth-order valence-corrected chi connectivity index (χ4v) is 4.15. The van der Waals surface area contributed by atoms with Gasteiger partial charge < -0.3 is 9.80 Å². The maximum Gasteiger partial charge on any atom is 0.267 e. The molecule has 2 aromatic rings. The van der Waals surface area contributed by atoms with Crippen LogP contribution in [0.25, 0.3) is 0 Å². The van der Waals surface area contributed by atoms with Crippen molar-refractivity contribution in [2.75, 3.05) is 31.1 Å². The first kappa shape index (κ1) is 19.4. The van der Waals surface area contributed by atoms with E-state index >= 15 is 0 Å². The van der Waals surface area contributed by atoms with Gasteiger partial charge in [-0.25, -0.2) is 4.68 Å². The van der Waals surface area contributed by atoms with E-state index in [0.717, 1.165) is 36.2 Å². The molecule has 7 nitrogen and oxygen atoms in total. The molecule has 0 N–H and O–H groups in total. The first-order valence-corrected chi connectivity index (χ1v) is 10.2. The molecular weight excluding hydrogens is 368 g/mol. The molecule has 1 aliphatic heterocycles. The van der Waals surface area contributed by atoms with Crippen molar-refractivity contribution in [3.05, 3.63) is 57.5 Å². The standard InChI is InChI=1S/C22H26N4O3/c1-15(26-21(28)14-18-4-3-5-20(18)23-26)22(29)25-12-10-24(11-13-25)19-8-6-17(7-9-19)16(2)27/h6-9,14-15H,3-5,10-13H2,1-2H3. The molecule has 4 rings (SSSR count). The molecule has 0 spiro atoms. The second kappa shape index (κ2) is 7.81. The van der Waals surface area contributed by atoms with Crippen LogP contribution in [0.5, 0.6) is 0 Å². The van der Waals surface area contributed by atoms with Crippen LogP contribution in [0.3, 0.4) is 0 Å². The Morgan fingerprint density at radius 1 is 1.03 bits per heavy atom. The largest absolute Gasteiger partial charge is 0.368 e. The number of Topliss-reactive ketones (excluding diaryl/α,β-unsaturated/α-hetero) is 1. The van der Waals surface area contributed by atoms with Crippen LogP contribution in [-0.4, -0.2) is 52.5 Å². The van der Waals surface area contributed by atoms with Crippen molar-refractivity contribution in [1.82, 2.24) is 14.7 Å². The SMILES string of the molecule is CC(=O)c1ccc(N2CCN(C(=O)C(C)n3nc4c(cc3=O)CCC4)CC2)cc1. The van der Waals surface area contributed by atoms with E-state index in [-0.39, 0.29) is 17.2 Å². The van der Waals surface area contributed by atoms with Crippen molar-refractivity contribution in [3.8, 4) is 0 Å². The van der Waals surface area contributed by atoms with Crippen molar-refractivity contribution in [2.24, 2.45) is 0 Å². The molecule has 29 heavy (non-hydrogen) atoms. The summed E-state index contributed by atoms with van der Waals surface area (Å²) in [6.45, 7) is 5.93. The molecule has 2 aliphatic rings. The average molecular weight is 394 g/mol. The molecule has 2 heterocycles. The number of hydrogen-bond donors (Lipinski definition) is 0. The predicted molar refractivity (Wildman–Crippen MR) is 110 cm³/mol. The zero-order valence-electron chi connectivity index (χ0n) is 16.9. The highest BCUT2D eigenvalue weighted by atomic mass is 16.2. The Labute approximate surface area is 169 Å². The predicted octanol–water partition coefficient (Wildman–Crippen LogP) is 1.84. The highest BCUT2D eigenvalue weighted by Gasteiger charge is 2.28. The summed E-state index contributed by atoms with van der Waals surface area (Å²) < 4.78 is 1.35. The van der Waals surface area contributed by atoms with Crippen molar-refractivity contribution in [1.29, 1.82) is 0 Å². The molecule has 1 aliphatic carbocycles. The summed E-state index contributed by atoms with van der Waals surface area (Å²) in [4.78, 5) is 40.9.